The molecule has 0 unspecified atom stereocenters. The minimum Gasteiger partial charge on any atom is -0.494 e. The van der Waals surface area contributed by atoms with Crippen LogP contribution in [0.25, 0.3) is 10.8 Å². The van der Waals surface area contributed by atoms with Gasteiger partial charge in [0, 0.05) is 24.4 Å². The normalized spacial score (nSPS) is 29.7. The highest BCUT2D eigenvalue weighted by molar-refractivity contribution is 7.90. The number of Topliss-reactive ketones (excluding diaryl/α,β-unsaturated/α-hetero) is 1. The Labute approximate surface area is 325 Å². The molecular weight excluding hydrogens is 723 g/mol. The minimum atomic E-state index is -3.85. The van der Waals surface area contributed by atoms with E-state index in [0.717, 1.165) is 35.8 Å². The molecule has 2 amide bonds. The fourth-order valence-electron chi connectivity index (χ4n) is 8.24. The van der Waals surface area contributed by atoms with Gasteiger partial charge in [0.2, 0.25) is 27.7 Å². The van der Waals surface area contributed by atoms with Crippen LogP contribution in [0.3, 0.4) is 0 Å². The Morgan fingerprint density at radius 3 is 2.55 bits per heavy atom. The summed E-state index contributed by atoms with van der Waals surface area (Å²) >= 11 is 0. The van der Waals surface area contributed by atoms with Crippen molar-refractivity contribution < 1.29 is 41.8 Å². The van der Waals surface area contributed by atoms with Crippen LogP contribution in [-0.2, 0) is 33.9 Å². The molecule has 1 N–H and O–H groups in total. The number of hydrogen-bond acceptors (Lipinski definition) is 10. The van der Waals surface area contributed by atoms with Crippen molar-refractivity contribution in [3.8, 4) is 11.6 Å². The van der Waals surface area contributed by atoms with Crippen molar-refractivity contribution in [2.45, 2.75) is 129 Å². The van der Waals surface area contributed by atoms with E-state index in [-0.39, 0.29) is 55.3 Å². The molecule has 4 aliphatic rings. The van der Waals surface area contributed by atoms with E-state index < -0.39 is 56.2 Å². The summed E-state index contributed by atoms with van der Waals surface area (Å²) < 4.78 is 46.2. The maximum absolute atomic E-state index is 14.8. The SMILES string of the molecule is CCCOc1ccc2c(O[C@@H]3C[C@H]4C(=O)C[C@]5(C(=O)NS(=O)(=O)C6CC6)C[C@H]5/C=C\CC[C@@H](C)C[C@@H](C)[C@H](CC(=O)OC(C)(C)C)C(=O)N4C3)nccc2c1. The largest absolute Gasteiger partial charge is 0.494 e. The average Bonchev–Trinajstić information content (AvgIpc) is 4.04. The number of nitrogens with one attached hydrogen (secondary N) is 1. The van der Waals surface area contributed by atoms with Gasteiger partial charge < -0.3 is 19.1 Å². The number of ketones is 1. The molecule has 12 nitrogen and oxygen atoms in total. The third-order valence-corrected chi connectivity index (χ3v) is 13.2. The van der Waals surface area contributed by atoms with Gasteiger partial charge in [0.1, 0.15) is 17.5 Å². The van der Waals surface area contributed by atoms with Crippen LogP contribution >= 0.6 is 0 Å². The van der Waals surface area contributed by atoms with E-state index in [4.69, 9.17) is 14.2 Å². The number of allylic oxidation sites excluding steroid dienone is 2. The first-order valence-electron chi connectivity index (χ1n) is 20.0. The van der Waals surface area contributed by atoms with Crippen LogP contribution in [0.2, 0.25) is 0 Å². The lowest BCUT2D eigenvalue weighted by Gasteiger charge is -2.32. The van der Waals surface area contributed by atoms with Gasteiger partial charge in [0.15, 0.2) is 5.78 Å². The first kappa shape index (κ1) is 40.7. The van der Waals surface area contributed by atoms with E-state index in [1.165, 1.54) is 4.90 Å². The molecule has 1 aromatic heterocycles. The highest BCUT2D eigenvalue weighted by atomic mass is 32.2. The first-order valence-corrected chi connectivity index (χ1v) is 21.5. The second kappa shape index (κ2) is 16.2. The van der Waals surface area contributed by atoms with Crippen molar-refractivity contribution in [2.24, 2.45) is 29.1 Å². The molecule has 3 heterocycles. The Hall–Kier alpha value is -4.00. The standard InChI is InChI=1S/C42H57N3O9S/c1-7-18-52-30-12-15-33-28(20-30)16-17-43-38(33)53-31-21-35-36(46)24-42(40(49)44-55(50,51)32-13-14-32)23-29(42)11-9-8-10-26(2)19-27(3)34(39(48)45(35)25-31)22-37(47)54-41(4,5)6/h9,11-12,15-17,20,26-27,29,31-32,34-35H,7-8,10,13-14,18-19,21-25H2,1-6H3,(H,44,49)/b11-9-/t26-,27-,29-,31-,34+,35+,42-/m1/s1. The number of nitrogens with zero attached hydrogens (tertiary/aromatic N) is 2. The van der Waals surface area contributed by atoms with Crippen LogP contribution < -0.4 is 14.2 Å². The molecule has 55 heavy (non-hydrogen) atoms. The van der Waals surface area contributed by atoms with Gasteiger partial charge in [0.05, 0.1) is 42.2 Å². The number of benzene rings is 1. The fourth-order valence-corrected chi connectivity index (χ4v) is 9.62. The van der Waals surface area contributed by atoms with Crippen molar-refractivity contribution in [1.82, 2.24) is 14.6 Å². The molecule has 0 spiro atoms. The molecule has 300 valence electrons. The number of amides is 2. The predicted molar refractivity (Wildman–Crippen MR) is 208 cm³/mol. The Kier molecular flexibility index (Phi) is 12.0. The molecular formula is C42H57N3O9S. The lowest BCUT2D eigenvalue weighted by Crippen LogP contribution is -2.47. The molecule has 2 aliphatic carbocycles. The molecule has 0 radical (unpaired) electrons. The Bertz CT molecular complexity index is 1920. The molecule has 1 aromatic carbocycles. The van der Waals surface area contributed by atoms with E-state index in [2.05, 4.69) is 16.6 Å². The maximum atomic E-state index is 14.8. The van der Waals surface area contributed by atoms with Crippen molar-refractivity contribution in [1.29, 1.82) is 0 Å². The van der Waals surface area contributed by atoms with Crippen LogP contribution in [0.1, 0.15) is 106 Å². The number of pyridine rings is 1. The summed E-state index contributed by atoms with van der Waals surface area (Å²) in [6, 6.07) is 6.56. The Morgan fingerprint density at radius 2 is 1.84 bits per heavy atom. The lowest BCUT2D eigenvalue weighted by molar-refractivity contribution is -0.160. The monoisotopic (exact) mass is 779 g/mol. The molecule has 2 aliphatic heterocycles. The van der Waals surface area contributed by atoms with Gasteiger partial charge in [0.25, 0.3) is 0 Å². The number of aromatic nitrogens is 1. The van der Waals surface area contributed by atoms with E-state index in [1.54, 1.807) is 27.0 Å². The van der Waals surface area contributed by atoms with Gasteiger partial charge in [-0.2, -0.15) is 0 Å². The topological polar surface area (TPSA) is 158 Å². The quantitative estimate of drug-likeness (QED) is 0.214. The lowest BCUT2D eigenvalue weighted by atomic mass is 9.82. The van der Waals surface area contributed by atoms with Gasteiger partial charge in [-0.25, -0.2) is 13.4 Å². The van der Waals surface area contributed by atoms with Crippen LogP contribution in [0.15, 0.2) is 42.6 Å². The maximum Gasteiger partial charge on any atom is 0.307 e. The van der Waals surface area contributed by atoms with Crippen LogP contribution in [0.5, 0.6) is 11.6 Å². The zero-order chi connectivity index (χ0) is 39.7. The zero-order valence-electron chi connectivity index (χ0n) is 33.0. The van der Waals surface area contributed by atoms with E-state index in [0.29, 0.717) is 38.2 Å². The number of hydrogen-bond donors (Lipinski definition) is 1. The summed E-state index contributed by atoms with van der Waals surface area (Å²) in [6.45, 7) is 12.1. The third kappa shape index (κ3) is 9.70. The van der Waals surface area contributed by atoms with Crippen molar-refractivity contribution in [3.05, 3.63) is 42.6 Å². The highest BCUT2D eigenvalue weighted by Gasteiger charge is 2.61. The van der Waals surface area contributed by atoms with E-state index >= 15 is 0 Å². The first-order chi connectivity index (χ1) is 26.0. The van der Waals surface area contributed by atoms with Gasteiger partial charge in [-0.1, -0.05) is 32.9 Å². The highest BCUT2D eigenvalue weighted by Crippen LogP contribution is 2.57. The smallest absolute Gasteiger partial charge is 0.307 e. The van der Waals surface area contributed by atoms with Crippen LogP contribution in [-0.4, -0.2) is 78.0 Å². The van der Waals surface area contributed by atoms with Crippen molar-refractivity contribution >= 4 is 44.4 Å². The molecule has 13 heteroatoms. The molecule has 0 bridgehead atoms. The van der Waals surface area contributed by atoms with Crippen molar-refractivity contribution in [2.75, 3.05) is 13.2 Å². The number of rotatable bonds is 10. The molecule has 1 saturated heterocycles. The third-order valence-electron chi connectivity index (χ3n) is 11.4. The summed E-state index contributed by atoms with van der Waals surface area (Å²) in [5.74, 6) is -1.82. The molecule has 7 atom stereocenters. The number of ether oxygens (including phenoxy) is 3. The second-order valence-electron chi connectivity index (χ2n) is 17.3. The summed E-state index contributed by atoms with van der Waals surface area (Å²) in [5.41, 5.74) is -1.99. The summed E-state index contributed by atoms with van der Waals surface area (Å²) in [4.78, 5) is 62.7. The summed E-state index contributed by atoms with van der Waals surface area (Å²) in [7, 11) is -3.85. The molecule has 6 rings (SSSR count). The molecule has 2 saturated carbocycles. The summed E-state index contributed by atoms with van der Waals surface area (Å²) in [5, 5.41) is 1.02. The number of sulfonamides is 1. The minimum absolute atomic E-state index is 0.0662. The molecule has 3 fully saturated rings. The average molecular weight is 780 g/mol. The zero-order valence-corrected chi connectivity index (χ0v) is 33.9. The predicted octanol–water partition coefficient (Wildman–Crippen LogP) is 6.31. The Balaban J connectivity index is 1.33. The Morgan fingerprint density at radius 1 is 1.07 bits per heavy atom. The second-order valence-corrected chi connectivity index (χ2v) is 19.3. The number of carbonyl (C=O) groups is 4. The number of esters is 1. The van der Waals surface area contributed by atoms with Gasteiger partial charge >= 0.3 is 5.97 Å². The number of fused-ring (bicyclic) bond motifs is 3. The summed E-state index contributed by atoms with van der Waals surface area (Å²) in [6.07, 6.45) is 9.18. The molecule has 2 aromatic rings. The van der Waals surface area contributed by atoms with Crippen LogP contribution in [0, 0.1) is 29.1 Å². The van der Waals surface area contributed by atoms with Crippen molar-refractivity contribution in [3.63, 3.8) is 0 Å². The van der Waals surface area contributed by atoms with Gasteiger partial charge in [-0.3, -0.25) is 23.9 Å². The fraction of sp³-hybridized carbons (Fsp3) is 0.643. The van der Waals surface area contributed by atoms with E-state index in [1.807, 2.05) is 50.3 Å². The van der Waals surface area contributed by atoms with Crippen LogP contribution in [0.4, 0.5) is 0 Å². The van der Waals surface area contributed by atoms with Gasteiger partial charge in [-0.05, 0) is 113 Å². The van der Waals surface area contributed by atoms with Gasteiger partial charge in [-0.15, -0.1) is 0 Å². The number of carbonyl (C=O) groups excluding carboxylic acids is 4. The van der Waals surface area contributed by atoms with E-state index in [9.17, 15) is 27.6 Å².